The number of likely N-dealkylation sites (N-methyl/N-ethyl adjacent to an activating group) is 1. The van der Waals surface area contributed by atoms with Gasteiger partial charge in [-0.05, 0) is 43.8 Å². The molecule has 1 atom stereocenters. The molecule has 2 aromatic rings. The highest BCUT2D eigenvalue weighted by molar-refractivity contribution is 7.09. The second-order valence-corrected chi connectivity index (χ2v) is 7.67. The molecule has 0 bridgehead atoms. The van der Waals surface area contributed by atoms with Crippen LogP contribution in [-0.4, -0.2) is 37.5 Å². The van der Waals surface area contributed by atoms with Crippen molar-refractivity contribution in [3.63, 3.8) is 0 Å². The molecule has 1 aromatic heterocycles. The summed E-state index contributed by atoms with van der Waals surface area (Å²) in [5.74, 6) is -0.553. The van der Waals surface area contributed by atoms with E-state index >= 15 is 0 Å². The minimum Gasteiger partial charge on any atom is -0.346 e. The van der Waals surface area contributed by atoms with Gasteiger partial charge in [-0.1, -0.05) is 23.8 Å². The topological polar surface area (TPSA) is 91.7 Å². The zero-order valence-electron chi connectivity index (χ0n) is 16.4. The predicted molar refractivity (Wildman–Crippen MR) is 110 cm³/mol. The van der Waals surface area contributed by atoms with E-state index in [0.29, 0.717) is 18.8 Å². The van der Waals surface area contributed by atoms with E-state index in [9.17, 15) is 14.4 Å². The molecular formula is C20H27N4O3S+. The lowest BCUT2D eigenvalue weighted by molar-refractivity contribution is -0.881. The Hall–Kier alpha value is -2.71. The van der Waals surface area contributed by atoms with E-state index in [2.05, 4.69) is 16.0 Å². The molecule has 2 rings (SSSR count). The molecule has 0 radical (unpaired) electrons. The minimum absolute atomic E-state index is 0.0449. The fraction of sp³-hybridized carbons (Fsp3) is 0.350. The van der Waals surface area contributed by atoms with E-state index in [-0.39, 0.29) is 19.0 Å². The van der Waals surface area contributed by atoms with E-state index in [1.54, 1.807) is 17.4 Å². The summed E-state index contributed by atoms with van der Waals surface area (Å²) < 4.78 is 0. The molecule has 7 nitrogen and oxygen atoms in total. The van der Waals surface area contributed by atoms with Crippen LogP contribution in [0.25, 0.3) is 0 Å². The van der Waals surface area contributed by atoms with Gasteiger partial charge in [0, 0.05) is 10.6 Å². The first kappa shape index (κ1) is 21.6. The van der Waals surface area contributed by atoms with Gasteiger partial charge >= 0.3 is 6.03 Å². The van der Waals surface area contributed by atoms with Crippen LogP contribution >= 0.6 is 11.3 Å². The van der Waals surface area contributed by atoms with Crippen molar-refractivity contribution in [1.82, 2.24) is 10.6 Å². The van der Waals surface area contributed by atoms with Crippen molar-refractivity contribution >= 4 is 34.9 Å². The number of urea groups is 1. The molecule has 0 saturated carbocycles. The van der Waals surface area contributed by atoms with Crippen LogP contribution in [0.2, 0.25) is 0 Å². The van der Waals surface area contributed by atoms with Crippen molar-refractivity contribution in [2.24, 2.45) is 0 Å². The summed E-state index contributed by atoms with van der Waals surface area (Å²) >= 11 is 1.58. The number of anilines is 1. The van der Waals surface area contributed by atoms with Gasteiger partial charge in [0.1, 0.15) is 0 Å². The predicted octanol–water partition coefficient (Wildman–Crippen LogP) is 1.23. The smallest absolute Gasteiger partial charge is 0.326 e. The minimum atomic E-state index is -0.574. The number of quaternary nitrogens is 1. The van der Waals surface area contributed by atoms with Crippen molar-refractivity contribution in [3.05, 3.63) is 51.7 Å². The zero-order valence-corrected chi connectivity index (χ0v) is 17.2. The van der Waals surface area contributed by atoms with Crippen LogP contribution in [0.1, 0.15) is 22.9 Å². The Morgan fingerprint density at radius 1 is 1.07 bits per heavy atom. The number of imide groups is 1. The Morgan fingerprint density at radius 2 is 1.82 bits per heavy atom. The van der Waals surface area contributed by atoms with Gasteiger partial charge in [0.05, 0.1) is 13.1 Å². The molecule has 1 unspecified atom stereocenters. The Morgan fingerprint density at radius 3 is 2.46 bits per heavy atom. The van der Waals surface area contributed by atoms with E-state index in [1.165, 1.54) is 0 Å². The van der Waals surface area contributed by atoms with E-state index in [1.807, 2.05) is 50.4 Å². The molecule has 150 valence electrons. The molecule has 28 heavy (non-hydrogen) atoms. The average molecular weight is 404 g/mol. The number of benzene rings is 1. The molecule has 1 aromatic carbocycles. The molecule has 0 aliphatic carbocycles. The molecular weight excluding hydrogens is 376 g/mol. The van der Waals surface area contributed by atoms with Crippen molar-refractivity contribution in [1.29, 1.82) is 0 Å². The highest BCUT2D eigenvalue weighted by atomic mass is 32.1. The summed E-state index contributed by atoms with van der Waals surface area (Å²) in [5, 5.41) is 9.80. The van der Waals surface area contributed by atoms with Crippen LogP contribution in [0.5, 0.6) is 0 Å². The second-order valence-electron chi connectivity index (χ2n) is 6.63. The summed E-state index contributed by atoms with van der Waals surface area (Å²) in [6, 6.07) is 8.96. The Kier molecular flexibility index (Phi) is 8.16. The zero-order chi connectivity index (χ0) is 20.5. The number of rotatable bonds is 8. The highest BCUT2D eigenvalue weighted by Crippen LogP contribution is 2.15. The van der Waals surface area contributed by atoms with Crippen molar-refractivity contribution in [2.75, 3.05) is 25.0 Å². The van der Waals surface area contributed by atoms with Gasteiger partial charge in [0.25, 0.3) is 11.8 Å². The maximum absolute atomic E-state index is 12.2. The van der Waals surface area contributed by atoms with E-state index < -0.39 is 11.9 Å². The fourth-order valence-corrected chi connectivity index (χ4v) is 3.35. The number of aryl methyl sites for hydroxylation is 2. The summed E-state index contributed by atoms with van der Waals surface area (Å²) in [7, 11) is 0. The maximum atomic E-state index is 12.2. The van der Waals surface area contributed by atoms with Crippen LogP contribution in [-0.2, 0) is 16.1 Å². The molecule has 8 heteroatoms. The maximum Gasteiger partial charge on any atom is 0.326 e. The molecule has 0 fully saturated rings. The first-order chi connectivity index (χ1) is 13.4. The molecule has 0 aliphatic rings. The normalized spacial score (nSPS) is 11.5. The molecule has 0 saturated heterocycles. The molecule has 4 amide bonds. The Balaban J connectivity index is 1.77. The average Bonchev–Trinajstić information content (AvgIpc) is 3.15. The quantitative estimate of drug-likeness (QED) is 0.534. The number of carbonyl (C=O) groups is 3. The van der Waals surface area contributed by atoms with Crippen molar-refractivity contribution < 1.29 is 19.3 Å². The fourth-order valence-electron chi connectivity index (χ4n) is 2.71. The van der Waals surface area contributed by atoms with Gasteiger partial charge in [-0.15, -0.1) is 11.3 Å². The lowest BCUT2D eigenvalue weighted by Crippen LogP contribution is -3.14. The number of nitrogens with one attached hydrogen (secondary N) is 4. The second kappa shape index (κ2) is 10.6. The van der Waals surface area contributed by atoms with Crippen LogP contribution in [0, 0.1) is 13.8 Å². The van der Waals surface area contributed by atoms with Gasteiger partial charge in [-0.25, -0.2) is 4.79 Å². The highest BCUT2D eigenvalue weighted by Gasteiger charge is 2.18. The van der Waals surface area contributed by atoms with Gasteiger partial charge in [-0.2, -0.15) is 0 Å². The number of thiophene rings is 1. The third-order valence-corrected chi connectivity index (χ3v) is 5.12. The SMILES string of the molecule is CC[NH+](CC(=O)NCc1cccs1)CC(=O)NC(=O)Nc1ccc(C)cc1C. The third kappa shape index (κ3) is 7.13. The molecule has 4 N–H and O–H groups in total. The van der Waals surface area contributed by atoms with Crippen LogP contribution in [0.4, 0.5) is 10.5 Å². The van der Waals surface area contributed by atoms with Crippen molar-refractivity contribution in [3.8, 4) is 0 Å². The molecule has 0 spiro atoms. The monoisotopic (exact) mass is 403 g/mol. The first-order valence-corrected chi connectivity index (χ1v) is 10.1. The third-order valence-electron chi connectivity index (χ3n) is 4.24. The van der Waals surface area contributed by atoms with Gasteiger partial charge in [-0.3, -0.25) is 14.9 Å². The lowest BCUT2D eigenvalue weighted by Gasteiger charge is -2.17. The molecule has 1 heterocycles. The van der Waals surface area contributed by atoms with Crippen LogP contribution in [0.3, 0.4) is 0 Å². The standard InChI is InChI=1S/C20H26N4O3S/c1-4-24(12-18(25)21-11-16-6-5-9-28-16)13-19(26)23-20(27)22-17-8-7-14(2)10-15(17)3/h5-10H,4,11-13H2,1-3H3,(H,21,25)(H2,22,23,26,27)/p+1. The Bertz CT molecular complexity index is 821. The summed E-state index contributed by atoms with van der Waals surface area (Å²) in [6.07, 6.45) is 0. The summed E-state index contributed by atoms with van der Waals surface area (Å²) in [4.78, 5) is 38.1. The molecule has 0 aliphatic heterocycles. The first-order valence-electron chi connectivity index (χ1n) is 9.18. The summed E-state index contributed by atoms with van der Waals surface area (Å²) in [5.41, 5.74) is 2.67. The largest absolute Gasteiger partial charge is 0.346 e. The lowest BCUT2D eigenvalue weighted by atomic mass is 10.1. The number of hydrogen-bond acceptors (Lipinski definition) is 4. The van der Waals surface area contributed by atoms with Crippen molar-refractivity contribution in [2.45, 2.75) is 27.3 Å². The van der Waals surface area contributed by atoms with E-state index in [0.717, 1.165) is 20.9 Å². The number of carbonyl (C=O) groups excluding carboxylic acids is 3. The van der Waals surface area contributed by atoms with Crippen LogP contribution in [0.15, 0.2) is 35.7 Å². The van der Waals surface area contributed by atoms with Gasteiger partial charge in [0.15, 0.2) is 13.1 Å². The summed E-state index contributed by atoms with van der Waals surface area (Å²) in [6.45, 7) is 7.06. The number of amides is 4. The van der Waals surface area contributed by atoms with Gasteiger partial charge < -0.3 is 15.5 Å². The Labute approximate surface area is 169 Å². The van der Waals surface area contributed by atoms with Gasteiger partial charge in [0.2, 0.25) is 0 Å². The number of hydrogen-bond donors (Lipinski definition) is 4. The van der Waals surface area contributed by atoms with E-state index in [4.69, 9.17) is 0 Å². The van der Waals surface area contributed by atoms with Crippen LogP contribution < -0.4 is 20.9 Å².